The third-order valence-electron chi connectivity index (χ3n) is 3.19. The van der Waals surface area contributed by atoms with Gasteiger partial charge in [-0.3, -0.25) is 9.69 Å². The Morgan fingerprint density at radius 2 is 2.19 bits per heavy atom. The van der Waals surface area contributed by atoms with Crippen LogP contribution in [0.5, 0.6) is 0 Å². The summed E-state index contributed by atoms with van der Waals surface area (Å²) in [5, 5.41) is 0. The fourth-order valence-electron chi connectivity index (χ4n) is 2.24. The maximum atomic E-state index is 11.9. The topological polar surface area (TPSA) is 20.3 Å². The number of likely N-dealkylation sites (N-methyl/N-ethyl adjacent to an activating group) is 1. The number of nitrogens with zero attached hydrogens (tertiary/aromatic N) is 1. The van der Waals surface area contributed by atoms with Crippen molar-refractivity contribution in [2.45, 2.75) is 31.7 Å². The predicted octanol–water partition coefficient (Wildman–Crippen LogP) is 3.46. The van der Waals surface area contributed by atoms with Gasteiger partial charge in [-0.15, -0.1) is 11.3 Å². The van der Waals surface area contributed by atoms with Crippen molar-refractivity contribution in [2.24, 2.45) is 0 Å². The molecule has 4 heteroatoms. The van der Waals surface area contributed by atoms with E-state index in [1.165, 1.54) is 37.0 Å². The van der Waals surface area contributed by atoms with E-state index in [2.05, 4.69) is 4.90 Å². The van der Waals surface area contributed by atoms with Crippen LogP contribution in [-0.4, -0.2) is 30.3 Å². The Balaban J connectivity index is 1.91. The van der Waals surface area contributed by atoms with E-state index >= 15 is 0 Å². The molecule has 88 valence electrons. The average Bonchev–Trinajstić information content (AvgIpc) is 2.87. The summed E-state index contributed by atoms with van der Waals surface area (Å²) >= 11 is 7.19. The third kappa shape index (κ3) is 2.84. The van der Waals surface area contributed by atoms with E-state index in [1.807, 2.05) is 13.1 Å². The lowest BCUT2D eigenvalue weighted by Crippen LogP contribution is -2.33. The largest absolute Gasteiger partial charge is 0.296 e. The van der Waals surface area contributed by atoms with Crippen LogP contribution in [0.4, 0.5) is 0 Å². The molecule has 0 saturated heterocycles. The number of carbonyl (C=O) groups excluding carboxylic acids is 1. The first-order valence-corrected chi connectivity index (χ1v) is 6.85. The fraction of sp³-hybridized carbons (Fsp3) is 0.583. The molecule has 1 aliphatic rings. The zero-order valence-electron chi connectivity index (χ0n) is 9.41. The molecule has 16 heavy (non-hydrogen) atoms. The van der Waals surface area contributed by atoms with Gasteiger partial charge < -0.3 is 0 Å². The Labute approximate surface area is 105 Å². The maximum absolute atomic E-state index is 11.9. The lowest BCUT2D eigenvalue weighted by Gasteiger charge is -2.22. The van der Waals surface area contributed by atoms with Crippen LogP contribution in [0.25, 0.3) is 0 Å². The van der Waals surface area contributed by atoms with Crippen LogP contribution in [0.15, 0.2) is 12.1 Å². The molecule has 0 unspecified atom stereocenters. The van der Waals surface area contributed by atoms with Gasteiger partial charge >= 0.3 is 0 Å². The first-order chi connectivity index (χ1) is 7.66. The van der Waals surface area contributed by atoms with E-state index in [4.69, 9.17) is 11.6 Å². The Morgan fingerprint density at radius 1 is 1.50 bits per heavy atom. The molecule has 2 nitrogen and oxygen atoms in total. The zero-order valence-corrected chi connectivity index (χ0v) is 11.0. The van der Waals surface area contributed by atoms with Crippen molar-refractivity contribution >= 4 is 28.7 Å². The van der Waals surface area contributed by atoms with E-state index in [0.29, 0.717) is 16.9 Å². The molecule has 0 radical (unpaired) electrons. The highest BCUT2D eigenvalue weighted by atomic mass is 35.5. The first kappa shape index (κ1) is 12.1. The normalized spacial score (nSPS) is 17.2. The molecule has 0 amide bonds. The molecule has 1 aromatic rings. The number of hydrogen-bond donors (Lipinski definition) is 0. The van der Waals surface area contributed by atoms with Crippen LogP contribution in [0.1, 0.15) is 35.4 Å². The second-order valence-corrected chi connectivity index (χ2v) is 6.10. The molecule has 1 heterocycles. The van der Waals surface area contributed by atoms with Gasteiger partial charge in [-0.25, -0.2) is 0 Å². The summed E-state index contributed by atoms with van der Waals surface area (Å²) in [5.74, 6) is 0.186. The fourth-order valence-corrected chi connectivity index (χ4v) is 3.22. The molecule has 0 atom stereocenters. The predicted molar refractivity (Wildman–Crippen MR) is 68.5 cm³/mol. The smallest absolute Gasteiger partial charge is 0.186 e. The average molecular weight is 258 g/mol. The zero-order chi connectivity index (χ0) is 11.5. The molecule has 0 aliphatic heterocycles. The second kappa shape index (κ2) is 5.30. The standard InChI is InChI=1S/C12H16ClNOS/c1-14(9-4-2-3-5-9)8-10(15)11-6-7-12(13)16-11/h6-7,9H,2-5,8H2,1H3. The molecule has 1 aliphatic carbocycles. The molecule has 0 N–H and O–H groups in total. The molecular weight excluding hydrogens is 242 g/mol. The van der Waals surface area contributed by atoms with E-state index < -0.39 is 0 Å². The number of thiophene rings is 1. The van der Waals surface area contributed by atoms with E-state index in [1.54, 1.807) is 6.07 Å². The molecule has 1 saturated carbocycles. The Hall–Kier alpha value is -0.380. The van der Waals surface area contributed by atoms with Gasteiger partial charge in [0.15, 0.2) is 5.78 Å². The Bertz CT molecular complexity index is 371. The maximum Gasteiger partial charge on any atom is 0.186 e. The van der Waals surface area contributed by atoms with E-state index in [-0.39, 0.29) is 5.78 Å². The van der Waals surface area contributed by atoms with Crippen LogP contribution in [0, 0.1) is 0 Å². The van der Waals surface area contributed by atoms with Crippen molar-refractivity contribution in [3.05, 3.63) is 21.3 Å². The van der Waals surface area contributed by atoms with Crippen LogP contribution < -0.4 is 0 Å². The van der Waals surface area contributed by atoms with E-state index in [0.717, 1.165) is 4.88 Å². The van der Waals surface area contributed by atoms with Crippen molar-refractivity contribution in [1.29, 1.82) is 0 Å². The summed E-state index contributed by atoms with van der Waals surface area (Å²) in [6.07, 6.45) is 5.06. The minimum Gasteiger partial charge on any atom is -0.296 e. The van der Waals surface area contributed by atoms with Gasteiger partial charge in [0.2, 0.25) is 0 Å². The van der Waals surface area contributed by atoms with Crippen LogP contribution >= 0.6 is 22.9 Å². The lowest BCUT2D eigenvalue weighted by molar-refractivity contribution is 0.0925. The SMILES string of the molecule is CN(CC(=O)c1ccc(Cl)s1)C1CCCC1. The highest BCUT2D eigenvalue weighted by Gasteiger charge is 2.21. The van der Waals surface area contributed by atoms with Gasteiger partial charge in [0.05, 0.1) is 15.8 Å². The summed E-state index contributed by atoms with van der Waals surface area (Å²) in [5.41, 5.74) is 0. The summed E-state index contributed by atoms with van der Waals surface area (Å²) in [7, 11) is 2.04. The van der Waals surface area contributed by atoms with Gasteiger partial charge in [0.25, 0.3) is 0 Å². The Morgan fingerprint density at radius 3 is 2.75 bits per heavy atom. The van der Waals surface area contributed by atoms with Crippen molar-refractivity contribution in [1.82, 2.24) is 4.90 Å². The van der Waals surface area contributed by atoms with Gasteiger partial charge in [0.1, 0.15) is 0 Å². The number of hydrogen-bond acceptors (Lipinski definition) is 3. The van der Waals surface area contributed by atoms with Crippen molar-refractivity contribution in [2.75, 3.05) is 13.6 Å². The lowest BCUT2D eigenvalue weighted by atomic mass is 10.2. The second-order valence-electron chi connectivity index (χ2n) is 4.38. The first-order valence-electron chi connectivity index (χ1n) is 5.65. The minimum absolute atomic E-state index is 0.186. The quantitative estimate of drug-likeness (QED) is 0.770. The highest BCUT2D eigenvalue weighted by Crippen LogP contribution is 2.24. The van der Waals surface area contributed by atoms with Crippen molar-refractivity contribution in [3.8, 4) is 0 Å². The molecule has 1 fully saturated rings. The molecule has 0 aromatic carbocycles. The number of halogens is 1. The molecule has 0 spiro atoms. The van der Waals surface area contributed by atoms with Crippen molar-refractivity contribution in [3.63, 3.8) is 0 Å². The summed E-state index contributed by atoms with van der Waals surface area (Å²) in [6.45, 7) is 0.515. The molecule has 0 bridgehead atoms. The van der Waals surface area contributed by atoms with Crippen molar-refractivity contribution < 1.29 is 4.79 Å². The third-order valence-corrected chi connectivity index (χ3v) is 4.46. The number of Topliss-reactive ketones (excluding diaryl/α,β-unsaturated/α-hetero) is 1. The molecule has 2 rings (SSSR count). The summed E-state index contributed by atoms with van der Waals surface area (Å²) in [4.78, 5) is 14.9. The van der Waals surface area contributed by atoms with E-state index in [9.17, 15) is 4.79 Å². The number of rotatable bonds is 4. The monoisotopic (exact) mass is 257 g/mol. The van der Waals surface area contributed by atoms with Gasteiger partial charge in [-0.2, -0.15) is 0 Å². The number of carbonyl (C=O) groups is 1. The van der Waals surface area contributed by atoms with Crippen LogP contribution in [0.3, 0.4) is 0 Å². The summed E-state index contributed by atoms with van der Waals surface area (Å²) in [6, 6.07) is 4.20. The number of ketones is 1. The van der Waals surface area contributed by atoms with Crippen LogP contribution in [-0.2, 0) is 0 Å². The van der Waals surface area contributed by atoms with Gasteiger partial charge in [-0.05, 0) is 32.0 Å². The minimum atomic E-state index is 0.186. The van der Waals surface area contributed by atoms with Gasteiger partial charge in [0, 0.05) is 6.04 Å². The molecular formula is C12H16ClNOS. The Kier molecular flexibility index (Phi) is 4.00. The van der Waals surface area contributed by atoms with Gasteiger partial charge in [-0.1, -0.05) is 24.4 Å². The highest BCUT2D eigenvalue weighted by molar-refractivity contribution is 7.18. The molecule has 1 aromatic heterocycles. The summed E-state index contributed by atoms with van der Waals surface area (Å²) < 4.78 is 0.687. The van der Waals surface area contributed by atoms with Crippen LogP contribution in [0.2, 0.25) is 4.34 Å².